The Bertz CT molecular complexity index is 227. The molecule has 0 aliphatic heterocycles. The van der Waals surface area contributed by atoms with Gasteiger partial charge in [0.2, 0.25) is 0 Å². The minimum atomic E-state index is -0.827. The Hall–Kier alpha value is -1.06. The summed E-state index contributed by atoms with van der Waals surface area (Å²) >= 11 is 0. The Labute approximate surface area is 90.6 Å². The number of rotatable bonds is 5. The maximum atomic E-state index is 11.5. The largest absolute Gasteiger partial charge is 0.481 e. The van der Waals surface area contributed by atoms with E-state index in [1.165, 1.54) is 0 Å². The molecule has 1 N–H and O–H groups in total. The lowest BCUT2D eigenvalue weighted by molar-refractivity contribution is -0.159. The van der Waals surface area contributed by atoms with E-state index in [4.69, 9.17) is 9.84 Å². The molecule has 0 aromatic carbocycles. The van der Waals surface area contributed by atoms with Crippen LogP contribution in [0.5, 0.6) is 0 Å². The van der Waals surface area contributed by atoms with Gasteiger partial charge in [-0.15, -0.1) is 0 Å². The van der Waals surface area contributed by atoms with Gasteiger partial charge in [-0.25, -0.2) is 0 Å². The third-order valence-corrected chi connectivity index (χ3v) is 1.84. The van der Waals surface area contributed by atoms with Crippen molar-refractivity contribution < 1.29 is 19.4 Å². The molecule has 0 amide bonds. The minimum Gasteiger partial charge on any atom is -0.481 e. The van der Waals surface area contributed by atoms with E-state index in [0.29, 0.717) is 12.8 Å². The fraction of sp³-hybridized carbons (Fsp3) is 0.818. The first-order valence-corrected chi connectivity index (χ1v) is 5.17. The van der Waals surface area contributed by atoms with Crippen molar-refractivity contribution in [2.45, 2.75) is 52.6 Å². The molecular weight excluding hydrogens is 196 g/mol. The van der Waals surface area contributed by atoms with Crippen LogP contribution >= 0.6 is 0 Å². The van der Waals surface area contributed by atoms with Crippen LogP contribution < -0.4 is 0 Å². The highest BCUT2D eigenvalue weighted by molar-refractivity contribution is 5.72. The molecule has 4 heteroatoms. The fourth-order valence-corrected chi connectivity index (χ4v) is 1.08. The number of hydrogen-bond acceptors (Lipinski definition) is 3. The Balaban J connectivity index is 3.85. The van der Waals surface area contributed by atoms with Crippen LogP contribution in [-0.4, -0.2) is 22.6 Å². The van der Waals surface area contributed by atoms with Crippen molar-refractivity contribution in [1.82, 2.24) is 0 Å². The van der Waals surface area contributed by atoms with Gasteiger partial charge in [0.05, 0.1) is 5.92 Å². The highest BCUT2D eigenvalue weighted by Gasteiger charge is 2.21. The van der Waals surface area contributed by atoms with Crippen molar-refractivity contribution in [2.75, 3.05) is 0 Å². The zero-order valence-electron chi connectivity index (χ0n) is 9.87. The fourth-order valence-electron chi connectivity index (χ4n) is 1.08. The molecule has 0 saturated carbocycles. The number of esters is 1. The summed E-state index contributed by atoms with van der Waals surface area (Å²) in [5.74, 6) is -1.32. The van der Waals surface area contributed by atoms with Crippen LogP contribution in [0, 0.1) is 5.92 Å². The van der Waals surface area contributed by atoms with Gasteiger partial charge in [0, 0.05) is 6.42 Å². The van der Waals surface area contributed by atoms with Crippen LogP contribution in [0.25, 0.3) is 0 Å². The number of carbonyl (C=O) groups is 2. The Kier molecular flexibility index (Phi) is 5.33. The topological polar surface area (TPSA) is 63.6 Å². The molecular formula is C11H20O4. The molecule has 0 radical (unpaired) electrons. The first-order chi connectivity index (χ1) is 6.72. The molecule has 4 nitrogen and oxygen atoms in total. The van der Waals surface area contributed by atoms with E-state index in [9.17, 15) is 9.59 Å². The number of hydrogen-bond donors (Lipinski definition) is 1. The van der Waals surface area contributed by atoms with Gasteiger partial charge in [-0.3, -0.25) is 9.59 Å². The van der Waals surface area contributed by atoms with Gasteiger partial charge in [0.1, 0.15) is 5.60 Å². The first-order valence-electron chi connectivity index (χ1n) is 5.17. The van der Waals surface area contributed by atoms with Gasteiger partial charge in [-0.1, -0.05) is 6.92 Å². The summed E-state index contributed by atoms with van der Waals surface area (Å²) in [7, 11) is 0. The average Bonchev–Trinajstić information content (AvgIpc) is 1.99. The molecule has 0 aromatic rings. The summed E-state index contributed by atoms with van der Waals surface area (Å²) in [6, 6.07) is 0. The monoisotopic (exact) mass is 216 g/mol. The number of carboxylic acid groups (broad SMARTS) is 1. The van der Waals surface area contributed by atoms with Crippen LogP contribution in [-0.2, 0) is 14.3 Å². The number of carbonyl (C=O) groups excluding carboxylic acids is 1. The van der Waals surface area contributed by atoms with E-state index in [2.05, 4.69) is 0 Å². The van der Waals surface area contributed by atoms with Crippen LogP contribution in [0.4, 0.5) is 0 Å². The molecule has 15 heavy (non-hydrogen) atoms. The van der Waals surface area contributed by atoms with Gasteiger partial charge < -0.3 is 9.84 Å². The van der Waals surface area contributed by atoms with Crippen molar-refractivity contribution in [2.24, 2.45) is 5.92 Å². The summed E-state index contributed by atoms with van der Waals surface area (Å²) in [6.45, 7) is 7.20. The normalized spacial score (nSPS) is 13.3. The second-order valence-corrected chi connectivity index (χ2v) is 4.72. The molecule has 0 rings (SSSR count). The van der Waals surface area contributed by atoms with Crippen LogP contribution in [0.1, 0.15) is 47.0 Å². The summed E-state index contributed by atoms with van der Waals surface area (Å²) < 4.78 is 5.17. The Morgan fingerprint density at radius 3 is 2.27 bits per heavy atom. The summed E-state index contributed by atoms with van der Waals surface area (Å²) in [5, 5.41) is 8.44. The molecule has 0 heterocycles. The Morgan fingerprint density at radius 2 is 1.87 bits per heavy atom. The minimum absolute atomic E-state index is 0.104. The maximum absolute atomic E-state index is 11.5. The van der Waals surface area contributed by atoms with Crippen molar-refractivity contribution >= 4 is 11.9 Å². The zero-order chi connectivity index (χ0) is 12.1. The molecule has 0 spiro atoms. The molecule has 0 aliphatic rings. The standard InChI is InChI=1S/C11H20O4/c1-8(6-5-7-9(12)13)10(14)15-11(2,3)4/h8H,5-7H2,1-4H3,(H,12,13). The van der Waals surface area contributed by atoms with E-state index in [-0.39, 0.29) is 18.3 Å². The van der Waals surface area contributed by atoms with Gasteiger partial charge >= 0.3 is 11.9 Å². The summed E-state index contributed by atoms with van der Waals surface area (Å²) in [5.41, 5.74) is -0.474. The number of carboxylic acids is 1. The third kappa shape index (κ3) is 7.97. The molecule has 1 unspecified atom stereocenters. The first kappa shape index (κ1) is 13.9. The lowest BCUT2D eigenvalue weighted by Gasteiger charge is -2.22. The molecule has 0 aliphatic carbocycles. The molecule has 0 aromatic heterocycles. The second-order valence-electron chi connectivity index (χ2n) is 4.72. The molecule has 0 bridgehead atoms. The van der Waals surface area contributed by atoms with Crippen molar-refractivity contribution in [3.05, 3.63) is 0 Å². The van der Waals surface area contributed by atoms with E-state index in [0.717, 1.165) is 0 Å². The van der Waals surface area contributed by atoms with Crippen molar-refractivity contribution in [3.63, 3.8) is 0 Å². The lowest BCUT2D eigenvalue weighted by Crippen LogP contribution is -2.27. The third-order valence-electron chi connectivity index (χ3n) is 1.84. The van der Waals surface area contributed by atoms with E-state index >= 15 is 0 Å². The number of ether oxygens (including phenoxy) is 1. The van der Waals surface area contributed by atoms with Gasteiger partial charge in [-0.2, -0.15) is 0 Å². The quantitative estimate of drug-likeness (QED) is 0.716. The van der Waals surface area contributed by atoms with Crippen LogP contribution in [0.15, 0.2) is 0 Å². The molecule has 88 valence electrons. The predicted octanol–water partition coefficient (Wildman–Crippen LogP) is 2.22. The van der Waals surface area contributed by atoms with Gasteiger partial charge in [0.25, 0.3) is 0 Å². The predicted molar refractivity (Wildman–Crippen MR) is 56.5 cm³/mol. The van der Waals surface area contributed by atoms with Crippen LogP contribution in [0.3, 0.4) is 0 Å². The molecule has 0 saturated heterocycles. The van der Waals surface area contributed by atoms with Crippen molar-refractivity contribution in [1.29, 1.82) is 0 Å². The average molecular weight is 216 g/mol. The number of aliphatic carboxylic acids is 1. The maximum Gasteiger partial charge on any atom is 0.309 e. The smallest absolute Gasteiger partial charge is 0.309 e. The van der Waals surface area contributed by atoms with E-state index in [1.54, 1.807) is 6.92 Å². The van der Waals surface area contributed by atoms with E-state index < -0.39 is 11.6 Å². The van der Waals surface area contributed by atoms with Gasteiger partial charge in [-0.05, 0) is 33.6 Å². The van der Waals surface area contributed by atoms with E-state index in [1.807, 2.05) is 20.8 Å². The van der Waals surface area contributed by atoms with Crippen molar-refractivity contribution in [3.8, 4) is 0 Å². The summed E-state index contributed by atoms with van der Waals surface area (Å²) in [6.07, 6.45) is 1.17. The lowest BCUT2D eigenvalue weighted by atomic mass is 10.0. The van der Waals surface area contributed by atoms with Gasteiger partial charge in [0.15, 0.2) is 0 Å². The molecule has 1 atom stereocenters. The summed E-state index contributed by atoms with van der Waals surface area (Å²) in [4.78, 5) is 21.7. The highest BCUT2D eigenvalue weighted by atomic mass is 16.6. The Morgan fingerprint density at radius 1 is 1.33 bits per heavy atom. The molecule has 0 fully saturated rings. The SMILES string of the molecule is CC(CCCC(=O)O)C(=O)OC(C)(C)C. The highest BCUT2D eigenvalue weighted by Crippen LogP contribution is 2.15. The van der Waals surface area contributed by atoms with Crippen LogP contribution in [0.2, 0.25) is 0 Å². The zero-order valence-corrected chi connectivity index (χ0v) is 9.87. The second kappa shape index (κ2) is 5.73.